The molecule has 0 radical (unpaired) electrons. The zero-order valence-electron chi connectivity index (χ0n) is 8.93. The summed E-state index contributed by atoms with van der Waals surface area (Å²) in [5.41, 5.74) is 3.26. The van der Waals surface area contributed by atoms with Crippen LogP contribution in [0.4, 0.5) is 0 Å². The van der Waals surface area contributed by atoms with E-state index < -0.39 is 5.91 Å². The Labute approximate surface area is 108 Å². The molecule has 0 aliphatic heterocycles. The summed E-state index contributed by atoms with van der Waals surface area (Å²) in [5, 5.41) is 12.0. The van der Waals surface area contributed by atoms with Crippen LogP contribution in [0.1, 0.15) is 12.0 Å². The molecule has 0 aliphatic carbocycles. The van der Waals surface area contributed by atoms with Crippen molar-refractivity contribution >= 4 is 34.1 Å². The molecule has 5 heteroatoms. The third-order valence-electron chi connectivity index (χ3n) is 1.72. The predicted octanol–water partition coefficient (Wildman–Crippen LogP) is 2.44. The highest BCUT2D eigenvalue weighted by Gasteiger charge is 1.95. The summed E-state index contributed by atoms with van der Waals surface area (Å²) in [4.78, 5) is 10.9. The summed E-state index contributed by atoms with van der Waals surface area (Å²) in [7, 11) is 0. The molecule has 0 bridgehead atoms. The van der Waals surface area contributed by atoms with Crippen molar-refractivity contribution in [3.63, 3.8) is 0 Å². The fourth-order valence-electron chi connectivity index (χ4n) is 1.02. The molecule has 1 N–H and O–H groups in total. The van der Waals surface area contributed by atoms with Gasteiger partial charge in [0.1, 0.15) is 6.42 Å². The van der Waals surface area contributed by atoms with Crippen LogP contribution >= 0.6 is 15.9 Å². The Kier molecular flexibility index (Phi) is 5.69. The molecule has 1 amide bonds. The van der Waals surface area contributed by atoms with Crippen LogP contribution in [0.2, 0.25) is 0 Å². The molecule has 17 heavy (non-hydrogen) atoms. The quantitative estimate of drug-likeness (QED) is 0.684. The number of carbonyl (C=O) groups excluding carboxylic acids is 1. The Morgan fingerprint density at radius 2 is 2.18 bits per heavy atom. The fraction of sp³-hybridized carbons (Fsp3) is 0.0833. The minimum absolute atomic E-state index is 0.197. The van der Waals surface area contributed by atoms with Crippen molar-refractivity contribution in [2.24, 2.45) is 5.10 Å². The van der Waals surface area contributed by atoms with E-state index in [0.29, 0.717) is 0 Å². The Morgan fingerprint density at radius 3 is 2.82 bits per heavy atom. The van der Waals surface area contributed by atoms with Gasteiger partial charge in [0.15, 0.2) is 0 Å². The fourth-order valence-corrected chi connectivity index (χ4v) is 1.39. The van der Waals surface area contributed by atoms with Crippen LogP contribution < -0.4 is 5.43 Å². The number of hydrogen-bond acceptors (Lipinski definition) is 3. The van der Waals surface area contributed by atoms with Gasteiger partial charge >= 0.3 is 0 Å². The minimum Gasteiger partial charge on any atom is -0.272 e. The predicted molar refractivity (Wildman–Crippen MR) is 70.2 cm³/mol. The largest absolute Gasteiger partial charge is 0.272 e. The van der Waals surface area contributed by atoms with Gasteiger partial charge in [0.2, 0.25) is 0 Å². The summed E-state index contributed by atoms with van der Waals surface area (Å²) in [6.45, 7) is 0. The number of hydrazone groups is 1. The highest BCUT2D eigenvalue weighted by molar-refractivity contribution is 9.12. The van der Waals surface area contributed by atoms with E-state index in [1.165, 1.54) is 6.21 Å². The smallest absolute Gasteiger partial charge is 0.254 e. The topological polar surface area (TPSA) is 65.2 Å². The molecule has 86 valence electrons. The number of allylic oxidation sites excluding steroid dienone is 1. The molecule has 0 aromatic heterocycles. The molecule has 4 nitrogen and oxygen atoms in total. The first-order valence-electron chi connectivity index (χ1n) is 4.83. The zero-order chi connectivity index (χ0) is 12.5. The van der Waals surface area contributed by atoms with Gasteiger partial charge in [-0.1, -0.05) is 30.3 Å². The van der Waals surface area contributed by atoms with E-state index in [9.17, 15) is 4.79 Å². The molecule has 0 aliphatic rings. The van der Waals surface area contributed by atoms with Crippen molar-refractivity contribution < 1.29 is 4.79 Å². The van der Waals surface area contributed by atoms with Gasteiger partial charge in [-0.25, -0.2) is 5.43 Å². The molecule has 0 saturated carbocycles. The SMILES string of the molecule is N#CCC(=O)NN=CC(Br)=Cc1ccccc1. The van der Waals surface area contributed by atoms with Gasteiger partial charge in [-0.2, -0.15) is 10.4 Å². The number of nitriles is 1. The van der Waals surface area contributed by atoms with Crippen molar-refractivity contribution in [2.75, 3.05) is 0 Å². The first kappa shape index (κ1) is 13.1. The van der Waals surface area contributed by atoms with Crippen LogP contribution in [-0.2, 0) is 4.79 Å². The maximum atomic E-state index is 10.9. The number of nitrogens with zero attached hydrogens (tertiary/aromatic N) is 2. The van der Waals surface area contributed by atoms with Gasteiger partial charge in [0, 0.05) is 4.48 Å². The van der Waals surface area contributed by atoms with Crippen LogP contribution in [0, 0.1) is 11.3 Å². The first-order chi connectivity index (χ1) is 8.22. The Morgan fingerprint density at radius 1 is 1.47 bits per heavy atom. The second-order valence-corrected chi connectivity index (χ2v) is 3.98. The number of amides is 1. The van der Waals surface area contributed by atoms with Gasteiger partial charge in [0.05, 0.1) is 12.3 Å². The third-order valence-corrected chi connectivity index (χ3v) is 2.15. The first-order valence-corrected chi connectivity index (χ1v) is 5.63. The van der Waals surface area contributed by atoms with Crippen LogP contribution in [0.15, 0.2) is 39.9 Å². The number of hydrogen-bond donors (Lipinski definition) is 1. The van der Waals surface area contributed by atoms with E-state index in [1.807, 2.05) is 36.4 Å². The van der Waals surface area contributed by atoms with Crippen LogP contribution in [-0.4, -0.2) is 12.1 Å². The monoisotopic (exact) mass is 291 g/mol. The standard InChI is InChI=1S/C12H10BrN3O/c13-11(8-10-4-2-1-3-5-10)9-15-16-12(17)6-7-14/h1-5,8-9H,6H2,(H,16,17). The molecule has 0 saturated heterocycles. The van der Waals surface area contributed by atoms with Crippen molar-refractivity contribution in [1.82, 2.24) is 5.43 Å². The van der Waals surface area contributed by atoms with E-state index in [1.54, 1.807) is 6.07 Å². The lowest BCUT2D eigenvalue weighted by atomic mass is 10.2. The summed E-state index contributed by atoms with van der Waals surface area (Å²) in [6.07, 6.45) is 3.12. The second kappa shape index (κ2) is 7.36. The maximum absolute atomic E-state index is 10.9. The minimum atomic E-state index is -0.427. The highest BCUT2D eigenvalue weighted by atomic mass is 79.9. The van der Waals surface area contributed by atoms with Crippen molar-refractivity contribution in [3.8, 4) is 6.07 Å². The van der Waals surface area contributed by atoms with E-state index in [0.717, 1.165) is 10.0 Å². The maximum Gasteiger partial charge on any atom is 0.254 e. The lowest BCUT2D eigenvalue weighted by Crippen LogP contribution is -2.15. The molecule has 1 aromatic rings. The summed E-state index contributed by atoms with van der Waals surface area (Å²) >= 11 is 3.30. The molecular weight excluding hydrogens is 282 g/mol. The molecule has 0 heterocycles. The molecule has 0 atom stereocenters. The molecule has 0 spiro atoms. The number of benzene rings is 1. The second-order valence-electron chi connectivity index (χ2n) is 3.07. The number of carbonyl (C=O) groups is 1. The van der Waals surface area contributed by atoms with Gasteiger partial charge < -0.3 is 0 Å². The average molecular weight is 292 g/mol. The summed E-state index contributed by atoms with van der Waals surface area (Å²) in [6, 6.07) is 11.4. The van der Waals surface area contributed by atoms with Crippen molar-refractivity contribution in [2.45, 2.75) is 6.42 Å². The van der Waals surface area contributed by atoms with Crippen LogP contribution in [0.25, 0.3) is 6.08 Å². The van der Waals surface area contributed by atoms with Crippen molar-refractivity contribution in [3.05, 3.63) is 40.4 Å². The van der Waals surface area contributed by atoms with Gasteiger partial charge in [-0.3, -0.25) is 4.79 Å². The van der Waals surface area contributed by atoms with Crippen molar-refractivity contribution in [1.29, 1.82) is 5.26 Å². The Balaban J connectivity index is 2.52. The molecular formula is C12H10BrN3O. The third kappa shape index (κ3) is 5.64. The van der Waals surface area contributed by atoms with Gasteiger partial charge in [-0.05, 0) is 27.6 Å². The van der Waals surface area contributed by atoms with Gasteiger partial charge in [-0.15, -0.1) is 0 Å². The lowest BCUT2D eigenvalue weighted by Gasteiger charge is -1.94. The Bertz CT molecular complexity index is 474. The van der Waals surface area contributed by atoms with E-state index in [2.05, 4.69) is 26.5 Å². The lowest BCUT2D eigenvalue weighted by molar-refractivity contribution is -0.120. The Hall–Kier alpha value is -1.93. The molecule has 0 unspecified atom stereocenters. The number of rotatable bonds is 4. The normalized spacial score (nSPS) is 11.2. The number of nitrogens with one attached hydrogen (secondary N) is 1. The highest BCUT2D eigenvalue weighted by Crippen LogP contribution is 2.09. The molecule has 1 aromatic carbocycles. The summed E-state index contributed by atoms with van der Waals surface area (Å²) < 4.78 is 0.723. The molecule has 0 fully saturated rings. The van der Waals surface area contributed by atoms with Crippen LogP contribution in [0.3, 0.4) is 0 Å². The average Bonchev–Trinajstić information content (AvgIpc) is 2.30. The van der Waals surface area contributed by atoms with Gasteiger partial charge in [0.25, 0.3) is 5.91 Å². The van der Waals surface area contributed by atoms with E-state index >= 15 is 0 Å². The van der Waals surface area contributed by atoms with E-state index in [4.69, 9.17) is 5.26 Å². The van der Waals surface area contributed by atoms with E-state index in [-0.39, 0.29) is 6.42 Å². The summed E-state index contributed by atoms with van der Waals surface area (Å²) in [5.74, 6) is -0.427. The van der Waals surface area contributed by atoms with Crippen LogP contribution in [0.5, 0.6) is 0 Å². The number of halogens is 1. The zero-order valence-corrected chi connectivity index (χ0v) is 10.5. The molecule has 1 rings (SSSR count).